The van der Waals surface area contributed by atoms with Crippen molar-refractivity contribution in [2.75, 3.05) is 26.7 Å². The largest absolute Gasteiger partial charge is 0.496 e. The number of alkyl carbamates (subject to hydrolysis) is 1. The van der Waals surface area contributed by atoms with Gasteiger partial charge in [-0.1, -0.05) is 13.8 Å². The summed E-state index contributed by atoms with van der Waals surface area (Å²) in [5, 5.41) is 3.19. The second-order valence-electron chi connectivity index (χ2n) is 8.83. The highest BCUT2D eigenvalue weighted by Gasteiger charge is 2.40. The maximum atomic E-state index is 12.8. The third kappa shape index (κ3) is 3.70. The molecule has 1 unspecified atom stereocenters. The molecule has 148 valence electrons. The molecule has 3 fully saturated rings. The van der Waals surface area contributed by atoms with Gasteiger partial charge in [0.15, 0.2) is 0 Å². The lowest BCUT2D eigenvalue weighted by molar-refractivity contribution is -0.0353. The standard InChI is InChI=1S/C21H29BrN2O3/c1-21(2)7-4-14-10-16(22)17(26-3)11-15(14)19(21)23-20(25)27-18-12-24-8-5-13(18)6-9-24/h10-11,13,18-19H,4-9,12H2,1-3H3,(H,23,25)/t18-,19?/m0/s1. The van der Waals surface area contributed by atoms with Crippen molar-refractivity contribution in [3.8, 4) is 5.75 Å². The first-order chi connectivity index (χ1) is 12.9. The molecule has 27 heavy (non-hydrogen) atoms. The number of aryl methyl sites for hydroxylation is 1. The van der Waals surface area contributed by atoms with Crippen molar-refractivity contribution in [2.24, 2.45) is 11.3 Å². The molecule has 0 radical (unpaired) electrons. The van der Waals surface area contributed by atoms with Crippen LogP contribution in [0, 0.1) is 11.3 Å². The van der Waals surface area contributed by atoms with Gasteiger partial charge in [-0.2, -0.15) is 0 Å². The van der Waals surface area contributed by atoms with Crippen LogP contribution < -0.4 is 10.1 Å². The Balaban J connectivity index is 1.52. The van der Waals surface area contributed by atoms with E-state index in [0.29, 0.717) is 5.92 Å². The Morgan fingerprint density at radius 1 is 1.30 bits per heavy atom. The molecule has 0 spiro atoms. The molecule has 5 nitrogen and oxygen atoms in total. The molecule has 1 aliphatic carbocycles. The average Bonchev–Trinajstić information content (AvgIpc) is 2.65. The van der Waals surface area contributed by atoms with Crippen LogP contribution in [0.3, 0.4) is 0 Å². The molecule has 1 aromatic carbocycles. The van der Waals surface area contributed by atoms with E-state index in [9.17, 15) is 4.79 Å². The van der Waals surface area contributed by atoms with E-state index in [1.54, 1.807) is 7.11 Å². The van der Waals surface area contributed by atoms with Gasteiger partial charge in [-0.05, 0) is 89.3 Å². The van der Waals surface area contributed by atoms with Gasteiger partial charge in [0.1, 0.15) is 11.9 Å². The smallest absolute Gasteiger partial charge is 0.407 e. The van der Waals surface area contributed by atoms with Crippen molar-refractivity contribution in [1.29, 1.82) is 0 Å². The number of ether oxygens (including phenoxy) is 2. The molecular formula is C21H29BrN2O3. The fourth-order valence-corrected chi connectivity index (χ4v) is 5.43. The lowest BCUT2D eigenvalue weighted by Crippen LogP contribution is -2.53. The molecule has 4 aliphatic rings. The van der Waals surface area contributed by atoms with Crippen LogP contribution >= 0.6 is 15.9 Å². The molecule has 5 rings (SSSR count). The Labute approximate surface area is 169 Å². The number of rotatable bonds is 3. The summed E-state index contributed by atoms with van der Waals surface area (Å²) in [5.41, 5.74) is 2.35. The Morgan fingerprint density at radius 3 is 2.67 bits per heavy atom. The maximum absolute atomic E-state index is 12.8. The predicted octanol–water partition coefficient (Wildman–Crippen LogP) is 4.29. The number of hydrogen-bond acceptors (Lipinski definition) is 4. The van der Waals surface area contributed by atoms with E-state index in [1.165, 1.54) is 5.56 Å². The van der Waals surface area contributed by atoms with Crippen LogP contribution in [0.4, 0.5) is 4.79 Å². The highest BCUT2D eigenvalue weighted by atomic mass is 79.9. The summed E-state index contributed by atoms with van der Waals surface area (Å²) in [4.78, 5) is 15.2. The van der Waals surface area contributed by atoms with E-state index in [1.807, 2.05) is 0 Å². The fraction of sp³-hybridized carbons (Fsp3) is 0.667. The number of piperidine rings is 3. The van der Waals surface area contributed by atoms with Gasteiger partial charge in [0.2, 0.25) is 0 Å². The SMILES string of the molecule is COc1cc2c(cc1Br)CCC(C)(C)C2NC(=O)O[C@H]1CN2CCC1CC2. The maximum Gasteiger partial charge on any atom is 0.407 e. The predicted molar refractivity (Wildman–Crippen MR) is 108 cm³/mol. The van der Waals surface area contributed by atoms with Gasteiger partial charge in [0, 0.05) is 6.54 Å². The molecule has 3 heterocycles. The lowest BCUT2D eigenvalue weighted by Gasteiger charge is -2.44. The van der Waals surface area contributed by atoms with Crippen LogP contribution in [0.1, 0.15) is 50.3 Å². The van der Waals surface area contributed by atoms with Crippen molar-refractivity contribution < 1.29 is 14.3 Å². The molecule has 2 atom stereocenters. The number of amides is 1. The van der Waals surface area contributed by atoms with Crippen LogP contribution in [0.25, 0.3) is 0 Å². The van der Waals surface area contributed by atoms with Gasteiger partial charge < -0.3 is 14.8 Å². The van der Waals surface area contributed by atoms with Crippen molar-refractivity contribution in [2.45, 2.75) is 51.7 Å². The Bertz CT molecular complexity index is 728. The number of benzene rings is 1. The summed E-state index contributed by atoms with van der Waals surface area (Å²) in [5.74, 6) is 1.31. The highest BCUT2D eigenvalue weighted by Crippen LogP contribution is 2.46. The number of carbonyl (C=O) groups excluding carboxylic acids is 1. The minimum absolute atomic E-state index is 0.0260. The fourth-order valence-electron chi connectivity index (χ4n) is 4.88. The van der Waals surface area contributed by atoms with Gasteiger partial charge >= 0.3 is 6.09 Å². The van der Waals surface area contributed by atoms with Gasteiger partial charge in [-0.25, -0.2) is 4.79 Å². The molecule has 6 heteroatoms. The number of hydrogen-bond donors (Lipinski definition) is 1. The summed E-state index contributed by atoms with van der Waals surface area (Å²) in [7, 11) is 1.67. The summed E-state index contributed by atoms with van der Waals surface area (Å²) < 4.78 is 12.3. The number of methoxy groups -OCH3 is 1. The zero-order valence-corrected chi connectivity index (χ0v) is 18.0. The highest BCUT2D eigenvalue weighted by molar-refractivity contribution is 9.10. The van der Waals surface area contributed by atoms with E-state index in [2.05, 4.69) is 52.1 Å². The Kier molecular flexibility index (Phi) is 5.14. The van der Waals surface area contributed by atoms with E-state index in [0.717, 1.165) is 61.1 Å². The number of fused-ring (bicyclic) bond motifs is 4. The molecule has 2 bridgehead atoms. The van der Waals surface area contributed by atoms with E-state index < -0.39 is 0 Å². The monoisotopic (exact) mass is 436 g/mol. The average molecular weight is 437 g/mol. The molecule has 0 saturated carbocycles. The second kappa shape index (κ2) is 7.28. The number of nitrogens with one attached hydrogen (secondary N) is 1. The van der Waals surface area contributed by atoms with Gasteiger partial charge in [-0.3, -0.25) is 4.90 Å². The van der Waals surface area contributed by atoms with Crippen LogP contribution in [0.15, 0.2) is 16.6 Å². The van der Waals surface area contributed by atoms with Crippen molar-refractivity contribution in [1.82, 2.24) is 10.2 Å². The van der Waals surface area contributed by atoms with Crippen molar-refractivity contribution in [3.05, 3.63) is 27.7 Å². The molecule has 3 saturated heterocycles. The van der Waals surface area contributed by atoms with Gasteiger partial charge in [0.25, 0.3) is 0 Å². The lowest BCUT2D eigenvalue weighted by atomic mass is 9.70. The first-order valence-corrected chi connectivity index (χ1v) is 10.7. The molecule has 1 amide bonds. The Morgan fingerprint density at radius 2 is 2.04 bits per heavy atom. The van der Waals surface area contributed by atoms with Crippen LogP contribution in [0.2, 0.25) is 0 Å². The summed E-state index contributed by atoms with van der Waals surface area (Å²) >= 11 is 3.58. The molecule has 3 aliphatic heterocycles. The Hall–Kier alpha value is -1.27. The quantitative estimate of drug-likeness (QED) is 0.767. The summed E-state index contributed by atoms with van der Waals surface area (Å²) in [6, 6.07) is 4.09. The normalized spacial score (nSPS) is 31.1. The number of carbonyl (C=O) groups is 1. The van der Waals surface area contributed by atoms with E-state index >= 15 is 0 Å². The summed E-state index contributed by atoms with van der Waals surface area (Å²) in [6.07, 6.45) is 4.03. The summed E-state index contributed by atoms with van der Waals surface area (Å²) in [6.45, 7) is 7.59. The minimum Gasteiger partial charge on any atom is -0.496 e. The van der Waals surface area contributed by atoms with Crippen LogP contribution in [0.5, 0.6) is 5.75 Å². The van der Waals surface area contributed by atoms with Crippen LogP contribution in [-0.4, -0.2) is 43.8 Å². The van der Waals surface area contributed by atoms with E-state index in [4.69, 9.17) is 9.47 Å². The molecule has 1 aromatic rings. The zero-order chi connectivity index (χ0) is 19.2. The van der Waals surface area contributed by atoms with Crippen LogP contribution in [-0.2, 0) is 11.2 Å². The van der Waals surface area contributed by atoms with Gasteiger partial charge in [0.05, 0.1) is 17.6 Å². The number of nitrogens with zero attached hydrogens (tertiary/aromatic N) is 1. The third-order valence-corrected chi connectivity index (χ3v) is 7.28. The zero-order valence-electron chi connectivity index (χ0n) is 16.4. The second-order valence-corrected chi connectivity index (χ2v) is 9.69. The first-order valence-electron chi connectivity index (χ1n) is 9.93. The molecular weight excluding hydrogens is 408 g/mol. The first kappa shape index (κ1) is 19.1. The van der Waals surface area contributed by atoms with Crippen molar-refractivity contribution >= 4 is 22.0 Å². The van der Waals surface area contributed by atoms with Crippen molar-refractivity contribution in [3.63, 3.8) is 0 Å². The minimum atomic E-state index is -0.290. The van der Waals surface area contributed by atoms with Gasteiger partial charge in [-0.15, -0.1) is 0 Å². The molecule has 1 N–H and O–H groups in total. The third-order valence-electron chi connectivity index (χ3n) is 6.66. The van der Waals surface area contributed by atoms with E-state index in [-0.39, 0.29) is 23.7 Å². The molecule has 0 aromatic heterocycles. The number of halogens is 1. The topological polar surface area (TPSA) is 50.8 Å².